The van der Waals surface area contributed by atoms with Gasteiger partial charge in [-0.3, -0.25) is 4.99 Å². The fraction of sp³-hybridized carbons (Fsp3) is 0.857. The highest BCUT2D eigenvalue weighted by Crippen LogP contribution is 2.13. The standard InChI is InChI=1S/C7H13N/c1-8-7-5-3-2-4-6-7/h2-6H2,1H3. The summed E-state index contributed by atoms with van der Waals surface area (Å²) in [4.78, 5) is 4.16. The molecule has 0 aromatic carbocycles. The number of hydrogen-bond donors (Lipinski definition) is 0. The first-order valence-corrected chi connectivity index (χ1v) is 3.38. The maximum atomic E-state index is 4.16. The highest BCUT2D eigenvalue weighted by atomic mass is 14.7. The Bertz CT molecular complexity index is 86.6. The van der Waals surface area contributed by atoms with Gasteiger partial charge in [0, 0.05) is 12.8 Å². The van der Waals surface area contributed by atoms with Crippen molar-refractivity contribution in [3.8, 4) is 0 Å². The molecule has 1 heteroatoms. The third-order valence-corrected chi connectivity index (χ3v) is 1.75. The van der Waals surface area contributed by atoms with Crippen molar-refractivity contribution in [3.05, 3.63) is 0 Å². The summed E-state index contributed by atoms with van der Waals surface area (Å²) in [7, 11) is 1.90. The van der Waals surface area contributed by atoms with E-state index < -0.39 is 0 Å². The average molecular weight is 111 g/mol. The lowest BCUT2D eigenvalue weighted by atomic mass is 9.99. The molecule has 0 radical (unpaired) electrons. The van der Waals surface area contributed by atoms with Crippen LogP contribution >= 0.6 is 0 Å². The van der Waals surface area contributed by atoms with Crippen LogP contribution in [0.15, 0.2) is 4.99 Å². The SMILES string of the molecule is CN=C1CCCCC1. The number of aliphatic imine (C=N–C) groups is 1. The maximum absolute atomic E-state index is 4.16. The van der Waals surface area contributed by atoms with Gasteiger partial charge in [0.15, 0.2) is 0 Å². The van der Waals surface area contributed by atoms with Gasteiger partial charge in [0.05, 0.1) is 0 Å². The largest absolute Gasteiger partial charge is 0.297 e. The first-order valence-electron chi connectivity index (χ1n) is 3.38. The van der Waals surface area contributed by atoms with Gasteiger partial charge in [-0.2, -0.15) is 0 Å². The molecule has 1 aliphatic rings. The minimum absolute atomic E-state index is 1.26. The third kappa shape index (κ3) is 1.32. The fourth-order valence-electron chi connectivity index (χ4n) is 1.18. The highest BCUT2D eigenvalue weighted by molar-refractivity contribution is 5.84. The molecular weight excluding hydrogens is 98.1 g/mol. The topological polar surface area (TPSA) is 12.4 Å². The third-order valence-electron chi connectivity index (χ3n) is 1.75. The molecule has 0 aromatic heterocycles. The first-order chi connectivity index (χ1) is 3.93. The second-order valence-electron chi connectivity index (χ2n) is 2.35. The molecule has 1 nitrogen and oxygen atoms in total. The van der Waals surface area contributed by atoms with E-state index in [1.54, 1.807) is 0 Å². The second kappa shape index (κ2) is 2.85. The zero-order valence-electron chi connectivity index (χ0n) is 5.48. The van der Waals surface area contributed by atoms with Gasteiger partial charge in [0.2, 0.25) is 0 Å². The Morgan fingerprint density at radius 3 is 2.12 bits per heavy atom. The predicted molar refractivity (Wildman–Crippen MR) is 36.4 cm³/mol. The van der Waals surface area contributed by atoms with Gasteiger partial charge in [0.25, 0.3) is 0 Å². The molecule has 0 spiro atoms. The molecule has 1 aliphatic carbocycles. The van der Waals surface area contributed by atoms with E-state index in [1.165, 1.54) is 37.8 Å². The maximum Gasteiger partial charge on any atom is 0.0276 e. The van der Waals surface area contributed by atoms with E-state index in [2.05, 4.69) is 4.99 Å². The normalized spacial score (nSPS) is 20.9. The van der Waals surface area contributed by atoms with Crippen LogP contribution in [0.4, 0.5) is 0 Å². The molecule has 0 saturated heterocycles. The van der Waals surface area contributed by atoms with Crippen molar-refractivity contribution < 1.29 is 0 Å². The zero-order valence-corrected chi connectivity index (χ0v) is 5.48. The summed E-state index contributed by atoms with van der Waals surface area (Å²) in [5.74, 6) is 0. The van der Waals surface area contributed by atoms with E-state index in [-0.39, 0.29) is 0 Å². The van der Waals surface area contributed by atoms with Gasteiger partial charge < -0.3 is 0 Å². The molecule has 0 aromatic rings. The molecule has 46 valence electrons. The molecule has 0 N–H and O–H groups in total. The van der Waals surface area contributed by atoms with E-state index in [9.17, 15) is 0 Å². The molecular formula is C7H13N. The number of hydrogen-bond acceptors (Lipinski definition) is 1. The Labute approximate surface area is 50.8 Å². The van der Waals surface area contributed by atoms with E-state index in [0.29, 0.717) is 0 Å². The Balaban J connectivity index is 2.33. The van der Waals surface area contributed by atoms with Gasteiger partial charge in [-0.15, -0.1) is 0 Å². The van der Waals surface area contributed by atoms with Crippen molar-refractivity contribution >= 4 is 5.71 Å². The van der Waals surface area contributed by atoms with Crippen LogP contribution in [0.2, 0.25) is 0 Å². The number of rotatable bonds is 0. The van der Waals surface area contributed by atoms with Crippen LogP contribution in [0.5, 0.6) is 0 Å². The molecule has 0 amide bonds. The Hall–Kier alpha value is -0.330. The van der Waals surface area contributed by atoms with Crippen LogP contribution in [-0.4, -0.2) is 12.8 Å². The molecule has 1 saturated carbocycles. The van der Waals surface area contributed by atoms with Gasteiger partial charge in [0.1, 0.15) is 0 Å². The minimum Gasteiger partial charge on any atom is -0.297 e. The van der Waals surface area contributed by atoms with Gasteiger partial charge in [-0.1, -0.05) is 6.42 Å². The van der Waals surface area contributed by atoms with Crippen molar-refractivity contribution in [3.63, 3.8) is 0 Å². The lowest BCUT2D eigenvalue weighted by Crippen LogP contribution is -2.03. The van der Waals surface area contributed by atoms with Gasteiger partial charge in [-0.25, -0.2) is 0 Å². The van der Waals surface area contributed by atoms with Crippen LogP contribution in [0.25, 0.3) is 0 Å². The van der Waals surface area contributed by atoms with E-state index >= 15 is 0 Å². The molecule has 0 atom stereocenters. The summed E-state index contributed by atoms with van der Waals surface area (Å²) in [6.45, 7) is 0. The van der Waals surface area contributed by atoms with Crippen LogP contribution < -0.4 is 0 Å². The highest BCUT2D eigenvalue weighted by Gasteiger charge is 2.03. The van der Waals surface area contributed by atoms with E-state index in [1.807, 2.05) is 7.05 Å². The van der Waals surface area contributed by atoms with Crippen LogP contribution in [0.1, 0.15) is 32.1 Å². The summed E-state index contributed by atoms with van der Waals surface area (Å²) in [6.07, 6.45) is 6.67. The molecule has 0 heterocycles. The second-order valence-corrected chi connectivity index (χ2v) is 2.35. The molecule has 1 rings (SSSR count). The quantitative estimate of drug-likeness (QED) is 0.453. The van der Waals surface area contributed by atoms with Crippen molar-refractivity contribution in [2.75, 3.05) is 7.05 Å². The smallest absolute Gasteiger partial charge is 0.0276 e. The monoisotopic (exact) mass is 111 g/mol. The zero-order chi connectivity index (χ0) is 5.82. The van der Waals surface area contributed by atoms with Crippen molar-refractivity contribution in [1.82, 2.24) is 0 Å². The minimum atomic E-state index is 1.26. The Morgan fingerprint density at radius 1 is 1.12 bits per heavy atom. The van der Waals surface area contributed by atoms with Crippen LogP contribution in [0, 0.1) is 0 Å². The van der Waals surface area contributed by atoms with Gasteiger partial charge >= 0.3 is 0 Å². The fourth-order valence-corrected chi connectivity index (χ4v) is 1.18. The molecule has 0 unspecified atom stereocenters. The number of nitrogens with zero attached hydrogens (tertiary/aromatic N) is 1. The van der Waals surface area contributed by atoms with Crippen LogP contribution in [0.3, 0.4) is 0 Å². The Kier molecular flexibility index (Phi) is 2.07. The Morgan fingerprint density at radius 2 is 1.75 bits per heavy atom. The predicted octanol–water partition coefficient (Wildman–Crippen LogP) is 2.02. The first kappa shape index (κ1) is 5.80. The summed E-state index contributed by atoms with van der Waals surface area (Å²) in [5, 5.41) is 0. The molecule has 1 fully saturated rings. The summed E-state index contributed by atoms with van der Waals surface area (Å²) < 4.78 is 0. The van der Waals surface area contributed by atoms with E-state index in [4.69, 9.17) is 0 Å². The molecule has 0 aliphatic heterocycles. The molecule has 8 heavy (non-hydrogen) atoms. The van der Waals surface area contributed by atoms with Crippen molar-refractivity contribution in [1.29, 1.82) is 0 Å². The van der Waals surface area contributed by atoms with Crippen molar-refractivity contribution in [2.45, 2.75) is 32.1 Å². The van der Waals surface area contributed by atoms with Crippen LogP contribution in [-0.2, 0) is 0 Å². The lowest BCUT2D eigenvalue weighted by molar-refractivity contribution is 0.666. The lowest BCUT2D eigenvalue weighted by Gasteiger charge is -2.10. The van der Waals surface area contributed by atoms with E-state index in [0.717, 1.165) is 0 Å². The summed E-state index contributed by atoms with van der Waals surface area (Å²) in [5.41, 5.74) is 1.43. The molecule has 0 bridgehead atoms. The van der Waals surface area contributed by atoms with Crippen molar-refractivity contribution in [2.24, 2.45) is 4.99 Å². The summed E-state index contributed by atoms with van der Waals surface area (Å²) >= 11 is 0. The average Bonchev–Trinajstić information content (AvgIpc) is 1.90. The van der Waals surface area contributed by atoms with Gasteiger partial charge in [-0.05, 0) is 25.7 Å². The summed E-state index contributed by atoms with van der Waals surface area (Å²) in [6, 6.07) is 0.